The number of alkyl halides is 3. The van der Waals surface area contributed by atoms with E-state index in [0.29, 0.717) is 6.42 Å². The van der Waals surface area contributed by atoms with Gasteiger partial charge in [-0.15, -0.1) is 0 Å². The van der Waals surface area contributed by atoms with Gasteiger partial charge in [0.2, 0.25) is 9.70 Å². The van der Waals surface area contributed by atoms with Crippen molar-refractivity contribution in [1.82, 2.24) is 10.6 Å². The number of unbranched alkanes of at least 4 members (excludes halogenated alkanes) is 2. The lowest BCUT2D eigenvalue weighted by atomic mass is 10.2. The molecule has 0 heterocycles. The number of nitrogens with one attached hydrogen (secondary N) is 3. The van der Waals surface area contributed by atoms with Gasteiger partial charge in [0, 0.05) is 15.4 Å². The lowest BCUT2D eigenvalue weighted by Gasteiger charge is -2.28. The summed E-state index contributed by atoms with van der Waals surface area (Å²) >= 11 is 30.2. The van der Waals surface area contributed by atoms with Crippen LogP contribution < -0.4 is 16.0 Å². The lowest BCUT2D eigenvalue weighted by molar-refractivity contribution is -0.122. The molecule has 146 valence electrons. The normalized spacial score (nSPS) is 12.4. The van der Waals surface area contributed by atoms with Crippen LogP contribution in [0, 0.1) is 6.92 Å². The van der Waals surface area contributed by atoms with Crippen molar-refractivity contribution in [2.45, 2.75) is 49.5 Å². The van der Waals surface area contributed by atoms with Crippen LogP contribution in [-0.2, 0) is 4.79 Å². The monoisotopic (exact) mass is 565 g/mol. The van der Waals surface area contributed by atoms with Crippen LogP contribution in [-0.4, -0.2) is 21.0 Å². The summed E-state index contributed by atoms with van der Waals surface area (Å²) in [6, 6.07) is 3.88. The molecule has 0 aliphatic rings. The number of thiocarbonyl (C=S) groups is 1. The minimum atomic E-state index is -1.77. The molecule has 0 spiro atoms. The molecule has 1 unspecified atom stereocenters. The molecule has 0 aliphatic heterocycles. The first-order valence-corrected chi connectivity index (χ1v) is 11.1. The van der Waals surface area contributed by atoms with Crippen molar-refractivity contribution in [3.05, 3.63) is 26.6 Å². The Kier molecular flexibility index (Phi) is 10.5. The van der Waals surface area contributed by atoms with E-state index in [1.165, 1.54) is 0 Å². The molecule has 0 bridgehead atoms. The Hall–Kier alpha value is 0.210. The van der Waals surface area contributed by atoms with Gasteiger partial charge in [-0.05, 0) is 75.1 Å². The van der Waals surface area contributed by atoms with Crippen LogP contribution in [0.15, 0.2) is 21.1 Å². The first-order chi connectivity index (χ1) is 12.0. The first-order valence-electron chi connectivity index (χ1n) is 7.93. The fourth-order valence-electron chi connectivity index (χ4n) is 2.07. The average molecular weight is 569 g/mol. The van der Waals surface area contributed by atoms with E-state index in [9.17, 15) is 4.79 Å². The molecular formula is C16H20Br2Cl3N3OS. The zero-order valence-corrected chi connectivity index (χ0v) is 20.5. The van der Waals surface area contributed by atoms with Crippen molar-refractivity contribution >= 4 is 95.6 Å². The number of anilines is 1. The molecule has 0 aliphatic carbocycles. The highest BCUT2D eigenvalue weighted by atomic mass is 79.9. The van der Waals surface area contributed by atoms with Gasteiger partial charge >= 0.3 is 0 Å². The van der Waals surface area contributed by atoms with E-state index < -0.39 is 9.96 Å². The summed E-state index contributed by atoms with van der Waals surface area (Å²) < 4.78 is -0.126. The van der Waals surface area contributed by atoms with E-state index in [-0.39, 0.29) is 11.0 Å². The van der Waals surface area contributed by atoms with E-state index in [1.807, 2.05) is 19.1 Å². The summed E-state index contributed by atoms with van der Waals surface area (Å²) in [7, 11) is 0. The predicted octanol–water partition coefficient (Wildman–Crippen LogP) is 6.20. The highest BCUT2D eigenvalue weighted by molar-refractivity contribution is 9.11. The van der Waals surface area contributed by atoms with Gasteiger partial charge in [0.1, 0.15) is 6.17 Å². The molecule has 1 rings (SSSR count). The second-order valence-corrected chi connectivity index (χ2v) is 10.2. The molecule has 4 nitrogen and oxygen atoms in total. The third-order valence-corrected chi connectivity index (χ3v) is 5.47. The second kappa shape index (κ2) is 11.3. The first kappa shape index (κ1) is 24.2. The number of carbonyl (C=O) groups is 1. The Bertz CT molecular complexity index is 633. The Labute approximate surface area is 191 Å². The third-order valence-electron chi connectivity index (χ3n) is 3.34. The van der Waals surface area contributed by atoms with E-state index in [2.05, 4.69) is 54.7 Å². The number of hydrogen-bond acceptors (Lipinski definition) is 2. The Morgan fingerprint density at radius 3 is 2.27 bits per heavy atom. The van der Waals surface area contributed by atoms with Gasteiger partial charge in [-0.2, -0.15) is 0 Å². The standard InChI is InChI=1S/C16H20Br2Cl3N3OS/c1-3-4-5-6-12(25)22-14(16(19,20)21)24-15(26)23-13-10(17)7-9(2)8-11(13)18/h7-8,14H,3-6H2,1-2H3,(H,22,25)(H2,23,24,26). The van der Waals surface area contributed by atoms with Crippen LogP contribution in [0.4, 0.5) is 5.69 Å². The zero-order chi connectivity index (χ0) is 19.9. The molecule has 1 aromatic rings. The zero-order valence-electron chi connectivity index (χ0n) is 14.3. The summed E-state index contributed by atoms with van der Waals surface area (Å²) in [5.41, 5.74) is 1.80. The maximum atomic E-state index is 12.1. The van der Waals surface area contributed by atoms with E-state index in [0.717, 1.165) is 39.5 Å². The van der Waals surface area contributed by atoms with Crippen LogP contribution in [0.5, 0.6) is 0 Å². The van der Waals surface area contributed by atoms with Gasteiger partial charge in [-0.25, -0.2) is 0 Å². The van der Waals surface area contributed by atoms with Crippen molar-refractivity contribution in [1.29, 1.82) is 0 Å². The van der Waals surface area contributed by atoms with Crippen LogP contribution in [0.1, 0.15) is 38.2 Å². The van der Waals surface area contributed by atoms with Gasteiger partial charge in [0.25, 0.3) is 0 Å². The highest BCUT2D eigenvalue weighted by Crippen LogP contribution is 2.33. The largest absolute Gasteiger partial charge is 0.339 e. The summed E-state index contributed by atoms with van der Waals surface area (Å²) in [5, 5.41) is 8.76. The predicted molar refractivity (Wildman–Crippen MR) is 122 cm³/mol. The second-order valence-electron chi connectivity index (χ2n) is 5.70. The van der Waals surface area contributed by atoms with Gasteiger partial charge in [0.15, 0.2) is 5.11 Å². The minimum absolute atomic E-state index is 0.206. The molecule has 0 saturated heterocycles. The van der Waals surface area contributed by atoms with E-state index in [4.69, 9.17) is 47.0 Å². The molecule has 3 N–H and O–H groups in total. The van der Waals surface area contributed by atoms with Crippen molar-refractivity contribution in [2.75, 3.05) is 5.32 Å². The van der Waals surface area contributed by atoms with E-state index >= 15 is 0 Å². The lowest BCUT2D eigenvalue weighted by Crippen LogP contribution is -2.56. The van der Waals surface area contributed by atoms with Gasteiger partial charge in [-0.3, -0.25) is 4.79 Å². The van der Waals surface area contributed by atoms with Crippen molar-refractivity contribution < 1.29 is 4.79 Å². The van der Waals surface area contributed by atoms with Gasteiger partial charge < -0.3 is 16.0 Å². The molecule has 0 radical (unpaired) electrons. The van der Waals surface area contributed by atoms with Crippen molar-refractivity contribution in [3.63, 3.8) is 0 Å². The molecule has 0 fully saturated rings. The number of benzene rings is 1. The quantitative estimate of drug-likeness (QED) is 0.159. The summed E-state index contributed by atoms with van der Waals surface area (Å²) in [5.74, 6) is -0.206. The number of hydrogen-bond donors (Lipinski definition) is 3. The Morgan fingerprint density at radius 1 is 1.19 bits per heavy atom. The number of rotatable bonds is 7. The Balaban J connectivity index is 2.76. The number of halogens is 5. The summed E-state index contributed by atoms with van der Waals surface area (Å²) in [6.45, 7) is 4.04. The summed E-state index contributed by atoms with van der Waals surface area (Å²) in [6.07, 6.45) is 2.16. The number of aryl methyl sites for hydroxylation is 1. The molecule has 10 heteroatoms. The maximum absolute atomic E-state index is 12.1. The van der Waals surface area contributed by atoms with Crippen molar-refractivity contribution in [3.8, 4) is 0 Å². The van der Waals surface area contributed by atoms with Gasteiger partial charge in [-0.1, -0.05) is 54.6 Å². The number of amides is 1. The van der Waals surface area contributed by atoms with Crippen molar-refractivity contribution in [2.24, 2.45) is 0 Å². The number of carbonyl (C=O) groups excluding carboxylic acids is 1. The minimum Gasteiger partial charge on any atom is -0.339 e. The smallest absolute Gasteiger partial charge is 0.228 e. The van der Waals surface area contributed by atoms with Crippen LogP contribution in [0.3, 0.4) is 0 Å². The van der Waals surface area contributed by atoms with E-state index in [1.54, 1.807) is 0 Å². The van der Waals surface area contributed by atoms with Crippen LogP contribution in [0.2, 0.25) is 0 Å². The molecule has 26 heavy (non-hydrogen) atoms. The molecule has 1 atom stereocenters. The topological polar surface area (TPSA) is 53.2 Å². The van der Waals surface area contributed by atoms with Crippen LogP contribution in [0.25, 0.3) is 0 Å². The SMILES string of the molecule is CCCCCC(=O)NC(NC(=S)Nc1c(Br)cc(C)cc1Br)C(Cl)(Cl)Cl. The van der Waals surface area contributed by atoms with Gasteiger partial charge in [0.05, 0.1) is 5.69 Å². The van der Waals surface area contributed by atoms with Crippen LogP contribution >= 0.6 is 78.9 Å². The maximum Gasteiger partial charge on any atom is 0.228 e. The fourth-order valence-corrected chi connectivity index (χ4v) is 4.23. The molecule has 1 amide bonds. The molecule has 0 aromatic heterocycles. The highest BCUT2D eigenvalue weighted by Gasteiger charge is 2.34. The third kappa shape index (κ3) is 8.48. The fraction of sp³-hybridized carbons (Fsp3) is 0.500. The molecular weight excluding hydrogens is 548 g/mol. The molecule has 0 saturated carbocycles. The molecule has 1 aromatic carbocycles. The summed E-state index contributed by atoms with van der Waals surface area (Å²) in [4.78, 5) is 12.1. The average Bonchev–Trinajstić information content (AvgIpc) is 2.49. The Morgan fingerprint density at radius 2 is 1.77 bits per heavy atom.